The van der Waals surface area contributed by atoms with Gasteiger partial charge in [-0.3, -0.25) is 14.5 Å². The van der Waals surface area contributed by atoms with Crippen LogP contribution in [0.25, 0.3) is 16.0 Å². The summed E-state index contributed by atoms with van der Waals surface area (Å²) in [6, 6.07) is 17.1. The predicted octanol–water partition coefficient (Wildman–Crippen LogP) is 5.16. The molecule has 1 N–H and O–H groups in total. The predicted molar refractivity (Wildman–Crippen MR) is 154 cm³/mol. The number of fused-ring (bicyclic) bond motifs is 2. The van der Waals surface area contributed by atoms with E-state index in [0.717, 1.165) is 10.4 Å². The first-order valence-corrected chi connectivity index (χ1v) is 13.7. The number of aromatic nitrogens is 1. The van der Waals surface area contributed by atoms with Gasteiger partial charge in [0.25, 0.3) is 5.78 Å². The van der Waals surface area contributed by atoms with Crippen molar-refractivity contribution in [2.75, 3.05) is 43.7 Å². The van der Waals surface area contributed by atoms with Gasteiger partial charge in [0.05, 0.1) is 28.4 Å². The average molecular weight is 558 g/mol. The number of carbonyl (C=O) groups excluding carboxylic acids is 2. The maximum absolute atomic E-state index is 13.6. The normalized spacial score (nSPS) is 17.9. The number of benzene rings is 3. The highest BCUT2D eigenvalue weighted by Gasteiger charge is 2.48. The fourth-order valence-electron chi connectivity index (χ4n) is 4.90. The molecule has 3 heterocycles. The Morgan fingerprint density at radius 1 is 1.05 bits per heavy atom. The maximum atomic E-state index is 13.6. The molecule has 0 bridgehead atoms. The molecule has 6 rings (SSSR count). The quantitative estimate of drug-likeness (QED) is 0.197. The lowest BCUT2D eigenvalue weighted by atomic mass is 9.95. The summed E-state index contributed by atoms with van der Waals surface area (Å²) in [5.41, 5.74) is 2.63. The first-order chi connectivity index (χ1) is 19.4. The van der Waals surface area contributed by atoms with Crippen LogP contribution in [0.4, 0.5) is 10.8 Å². The third-order valence-corrected chi connectivity index (χ3v) is 7.87. The van der Waals surface area contributed by atoms with E-state index in [9.17, 15) is 14.7 Å². The number of Topliss-reactive ketones (excluding diaryl/α,β-unsaturated/α-hetero) is 1. The molecule has 9 nitrogen and oxygen atoms in total. The van der Waals surface area contributed by atoms with Crippen molar-refractivity contribution in [3.05, 3.63) is 77.4 Å². The van der Waals surface area contributed by atoms with E-state index in [-0.39, 0.29) is 11.3 Å². The molecule has 1 aromatic heterocycles. The number of amides is 1. The van der Waals surface area contributed by atoms with Gasteiger partial charge in [0.1, 0.15) is 24.7 Å². The van der Waals surface area contributed by atoms with E-state index >= 15 is 0 Å². The van der Waals surface area contributed by atoms with Crippen molar-refractivity contribution in [3.63, 3.8) is 0 Å². The first-order valence-electron chi connectivity index (χ1n) is 12.9. The maximum Gasteiger partial charge on any atom is 0.301 e. The Morgan fingerprint density at radius 3 is 2.52 bits per heavy atom. The van der Waals surface area contributed by atoms with Gasteiger partial charge in [-0.15, -0.1) is 0 Å². The topological polar surface area (TPSA) is 101 Å². The highest BCUT2D eigenvalue weighted by molar-refractivity contribution is 7.22. The van der Waals surface area contributed by atoms with Crippen LogP contribution in [0.1, 0.15) is 24.1 Å². The second-order valence-electron chi connectivity index (χ2n) is 9.57. The molecule has 1 saturated heterocycles. The number of rotatable bonds is 6. The second kappa shape index (κ2) is 10.2. The molecule has 204 valence electrons. The fourth-order valence-corrected chi connectivity index (χ4v) is 5.92. The highest BCUT2D eigenvalue weighted by atomic mass is 32.1. The Balaban J connectivity index is 1.51. The van der Waals surface area contributed by atoms with E-state index < -0.39 is 17.7 Å². The Kier molecular flexibility index (Phi) is 6.55. The van der Waals surface area contributed by atoms with Gasteiger partial charge in [-0.05, 0) is 61.0 Å². The molecule has 0 spiro atoms. The number of nitrogens with zero attached hydrogens (tertiary/aromatic N) is 3. The zero-order valence-corrected chi connectivity index (χ0v) is 23.0. The van der Waals surface area contributed by atoms with Crippen LogP contribution < -0.4 is 24.0 Å². The van der Waals surface area contributed by atoms with Gasteiger partial charge in [0.15, 0.2) is 16.6 Å². The van der Waals surface area contributed by atoms with Crippen LogP contribution in [0.5, 0.6) is 17.2 Å². The molecular formula is C30H27N3O6S. The Hall–Kier alpha value is -4.57. The summed E-state index contributed by atoms with van der Waals surface area (Å²) in [4.78, 5) is 35.2. The summed E-state index contributed by atoms with van der Waals surface area (Å²) in [7, 11) is 3.86. The summed E-state index contributed by atoms with van der Waals surface area (Å²) in [6.45, 7) is 3.24. The number of hydrogen-bond donors (Lipinski definition) is 1. The van der Waals surface area contributed by atoms with Crippen molar-refractivity contribution in [3.8, 4) is 17.2 Å². The molecule has 0 saturated carbocycles. The van der Waals surface area contributed by atoms with Crippen molar-refractivity contribution >= 4 is 49.8 Å². The summed E-state index contributed by atoms with van der Waals surface area (Å²) in [5.74, 6) is -0.123. The average Bonchev–Trinajstić information content (AvgIpc) is 3.50. The molecule has 1 fully saturated rings. The van der Waals surface area contributed by atoms with E-state index in [2.05, 4.69) is 0 Å². The Labute approximate surface area is 234 Å². The summed E-state index contributed by atoms with van der Waals surface area (Å²) < 4.78 is 17.7. The minimum atomic E-state index is -0.892. The molecular weight excluding hydrogens is 530 g/mol. The highest BCUT2D eigenvalue weighted by Crippen LogP contribution is 2.45. The van der Waals surface area contributed by atoms with Crippen molar-refractivity contribution < 1.29 is 28.9 Å². The molecule has 3 aromatic carbocycles. The number of aliphatic hydroxyl groups excluding tert-OH is 1. The lowest BCUT2D eigenvalue weighted by Gasteiger charge is -2.24. The number of thiazole rings is 1. The minimum absolute atomic E-state index is 0.0199. The lowest BCUT2D eigenvalue weighted by Crippen LogP contribution is -2.29. The van der Waals surface area contributed by atoms with Gasteiger partial charge in [0.2, 0.25) is 0 Å². The van der Waals surface area contributed by atoms with Gasteiger partial charge < -0.3 is 24.2 Å². The zero-order chi connectivity index (χ0) is 28.0. The van der Waals surface area contributed by atoms with Crippen molar-refractivity contribution in [1.29, 1.82) is 0 Å². The lowest BCUT2D eigenvalue weighted by molar-refractivity contribution is -0.132. The molecule has 0 aliphatic carbocycles. The van der Waals surface area contributed by atoms with E-state index in [1.807, 2.05) is 68.4 Å². The minimum Gasteiger partial charge on any atom is -0.507 e. The number of aliphatic hydroxyl groups is 1. The summed E-state index contributed by atoms with van der Waals surface area (Å²) >= 11 is 1.29. The van der Waals surface area contributed by atoms with E-state index in [1.54, 1.807) is 18.2 Å². The molecule has 40 heavy (non-hydrogen) atoms. The van der Waals surface area contributed by atoms with Gasteiger partial charge in [-0.2, -0.15) is 0 Å². The van der Waals surface area contributed by atoms with Gasteiger partial charge >= 0.3 is 5.91 Å². The molecule has 1 unspecified atom stereocenters. The molecule has 4 aromatic rings. The van der Waals surface area contributed by atoms with Crippen molar-refractivity contribution in [1.82, 2.24) is 4.98 Å². The number of ketones is 1. The largest absolute Gasteiger partial charge is 0.507 e. The van der Waals surface area contributed by atoms with Crippen LogP contribution in [-0.2, 0) is 9.59 Å². The zero-order valence-electron chi connectivity index (χ0n) is 22.2. The van der Waals surface area contributed by atoms with Gasteiger partial charge in [-0.25, -0.2) is 4.98 Å². The molecule has 2 aliphatic rings. The Bertz CT molecular complexity index is 1660. The fraction of sp³-hybridized carbons (Fsp3) is 0.233. The SMILES string of the molecule is CCOc1ccc2nc(N3C(=O)C(=O)/C(=C(/O)c4ccc5c(c4)OCCO5)C3c3ccc(N(C)C)cc3)sc2c1. The number of carbonyl (C=O) groups is 2. The van der Waals surface area contributed by atoms with Crippen LogP contribution in [-0.4, -0.2) is 55.7 Å². The molecule has 2 aliphatic heterocycles. The van der Waals surface area contributed by atoms with Crippen LogP contribution in [0, 0.1) is 0 Å². The summed E-state index contributed by atoms with van der Waals surface area (Å²) in [5, 5.41) is 11.9. The Morgan fingerprint density at radius 2 is 1.80 bits per heavy atom. The second-order valence-corrected chi connectivity index (χ2v) is 10.6. The number of anilines is 2. The van der Waals surface area contributed by atoms with Gasteiger partial charge in [0, 0.05) is 25.3 Å². The van der Waals surface area contributed by atoms with Crippen molar-refractivity contribution in [2.45, 2.75) is 13.0 Å². The molecule has 10 heteroatoms. The van der Waals surface area contributed by atoms with Gasteiger partial charge in [-0.1, -0.05) is 23.5 Å². The van der Waals surface area contributed by atoms with Crippen molar-refractivity contribution in [2.24, 2.45) is 0 Å². The first kappa shape index (κ1) is 25.7. The molecule has 1 atom stereocenters. The number of hydrogen-bond acceptors (Lipinski definition) is 9. The smallest absolute Gasteiger partial charge is 0.301 e. The van der Waals surface area contributed by atoms with E-state index in [0.29, 0.717) is 58.8 Å². The van der Waals surface area contributed by atoms with Crippen LogP contribution >= 0.6 is 11.3 Å². The summed E-state index contributed by atoms with van der Waals surface area (Å²) in [6.07, 6.45) is 0. The van der Waals surface area contributed by atoms with Crippen LogP contribution in [0.15, 0.2) is 66.2 Å². The van der Waals surface area contributed by atoms with E-state index in [1.165, 1.54) is 16.2 Å². The van der Waals surface area contributed by atoms with E-state index in [4.69, 9.17) is 19.2 Å². The standard InChI is InChI=1S/C30H27N3O6S/c1-4-37-20-10-11-21-24(16-20)40-30(31-21)33-26(17-5-8-19(9-6-17)32(2)3)25(28(35)29(33)36)27(34)18-7-12-22-23(15-18)39-14-13-38-22/h5-12,15-16,26,34H,4,13-14H2,1-3H3/b27-25+. The third-order valence-electron chi connectivity index (χ3n) is 6.85. The number of ether oxygens (including phenoxy) is 3. The monoisotopic (exact) mass is 557 g/mol. The van der Waals surface area contributed by atoms with Crippen LogP contribution in [0.3, 0.4) is 0 Å². The molecule has 0 radical (unpaired) electrons. The van der Waals surface area contributed by atoms with Crippen LogP contribution in [0.2, 0.25) is 0 Å². The third kappa shape index (κ3) is 4.40. The molecule has 1 amide bonds.